The number of methoxy groups -OCH3 is 1. The smallest absolute Gasteiger partial charge is 0.328 e. The van der Waals surface area contributed by atoms with Crippen LogP contribution in [-0.2, 0) is 9.53 Å². The molecule has 2 rings (SSSR count). The van der Waals surface area contributed by atoms with E-state index in [0.29, 0.717) is 10.6 Å². The van der Waals surface area contributed by atoms with E-state index >= 15 is 0 Å². The Hall–Kier alpha value is -2.88. The number of nitro groups is 1. The molecule has 0 aliphatic rings. The molecular weight excluding hydrogens is 415 g/mol. The van der Waals surface area contributed by atoms with Crippen LogP contribution in [0.5, 0.6) is 11.5 Å². The molecule has 2 aromatic carbocycles. The Labute approximate surface area is 169 Å². The van der Waals surface area contributed by atoms with Gasteiger partial charge >= 0.3 is 5.97 Å². The molecule has 2 aromatic rings. The number of hydroxylamine groups is 2. The van der Waals surface area contributed by atoms with Crippen LogP contribution in [0.15, 0.2) is 30.3 Å². The van der Waals surface area contributed by atoms with E-state index < -0.39 is 34.6 Å². The summed E-state index contributed by atoms with van der Waals surface area (Å²) in [6.45, 7) is 0.874. The van der Waals surface area contributed by atoms with E-state index in [2.05, 4.69) is 4.74 Å². The maximum atomic E-state index is 12.4. The van der Waals surface area contributed by atoms with Gasteiger partial charge in [0.15, 0.2) is 0 Å². The first-order valence-electron chi connectivity index (χ1n) is 7.64. The largest absolute Gasteiger partial charge is 0.468 e. The van der Waals surface area contributed by atoms with Crippen molar-refractivity contribution >= 4 is 40.8 Å². The Kier molecular flexibility index (Phi) is 6.79. The lowest BCUT2D eigenvalue weighted by Crippen LogP contribution is -2.33. The van der Waals surface area contributed by atoms with Crippen molar-refractivity contribution in [2.75, 3.05) is 13.7 Å². The molecule has 0 fully saturated rings. The normalized spacial score (nSPS) is 10.3. The summed E-state index contributed by atoms with van der Waals surface area (Å²) in [5.74, 6) is -1.83. The van der Waals surface area contributed by atoms with Gasteiger partial charge in [0, 0.05) is 17.2 Å². The van der Waals surface area contributed by atoms with E-state index in [0.717, 1.165) is 19.2 Å². The second-order valence-corrected chi connectivity index (χ2v) is 6.25. The fraction of sp³-hybridized carbons (Fsp3) is 0.176. The Morgan fingerprint density at radius 2 is 1.93 bits per heavy atom. The minimum Gasteiger partial charge on any atom is -0.468 e. The van der Waals surface area contributed by atoms with Gasteiger partial charge in [0.2, 0.25) is 0 Å². The van der Waals surface area contributed by atoms with Crippen LogP contribution < -0.4 is 4.74 Å². The second-order valence-electron chi connectivity index (χ2n) is 5.46. The minimum absolute atomic E-state index is 0.0113. The third-order valence-electron chi connectivity index (χ3n) is 3.65. The number of carbonyl (C=O) groups excluding carboxylic acids is 2. The average Bonchev–Trinajstić information content (AvgIpc) is 2.67. The summed E-state index contributed by atoms with van der Waals surface area (Å²) in [5, 5.41) is 21.6. The van der Waals surface area contributed by atoms with Gasteiger partial charge in [-0.1, -0.05) is 23.2 Å². The topological polar surface area (TPSA) is 119 Å². The zero-order valence-corrected chi connectivity index (χ0v) is 16.2. The third-order valence-corrected chi connectivity index (χ3v) is 4.53. The van der Waals surface area contributed by atoms with Crippen LogP contribution in [0.4, 0.5) is 5.69 Å². The maximum absolute atomic E-state index is 12.4. The summed E-state index contributed by atoms with van der Waals surface area (Å²) in [5.41, 5.74) is -0.506. The lowest BCUT2D eigenvalue weighted by atomic mass is 10.1. The lowest BCUT2D eigenvalue weighted by molar-refractivity contribution is -0.385. The number of esters is 1. The first-order valence-corrected chi connectivity index (χ1v) is 8.39. The van der Waals surface area contributed by atoms with Gasteiger partial charge in [0.1, 0.15) is 23.6 Å². The minimum atomic E-state index is -1.18. The van der Waals surface area contributed by atoms with Gasteiger partial charge in [-0.25, -0.2) is 5.06 Å². The molecule has 0 saturated carbocycles. The molecule has 0 spiro atoms. The van der Waals surface area contributed by atoms with Crippen LogP contribution in [0, 0.1) is 17.0 Å². The number of benzene rings is 2. The third kappa shape index (κ3) is 4.69. The summed E-state index contributed by atoms with van der Waals surface area (Å²) in [7, 11) is 1.06. The molecule has 0 aromatic heterocycles. The second kappa shape index (κ2) is 8.87. The standard InChI is InChI=1S/C17H14Cl2N2O7/c1-9-12(18)4-6-14(16(9)19)28-10-3-5-13(21(25)26)11(7-10)17(23)20(24)8-15(22)27-2/h3-7,24H,8H2,1-2H3. The molecule has 1 N–H and O–H groups in total. The van der Waals surface area contributed by atoms with E-state index in [-0.39, 0.29) is 21.6 Å². The summed E-state index contributed by atoms with van der Waals surface area (Å²) in [6, 6.07) is 6.40. The number of halogens is 2. The van der Waals surface area contributed by atoms with Gasteiger partial charge in [-0.2, -0.15) is 0 Å². The fourth-order valence-electron chi connectivity index (χ4n) is 2.15. The number of amides is 1. The van der Waals surface area contributed by atoms with Crippen molar-refractivity contribution < 1.29 is 29.2 Å². The van der Waals surface area contributed by atoms with Crippen molar-refractivity contribution in [3.8, 4) is 11.5 Å². The van der Waals surface area contributed by atoms with Crippen molar-refractivity contribution in [1.29, 1.82) is 0 Å². The van der Waals surface area contributed by atoms with E-state index in [1.165, 1.54) is 12.1 Å². The molecule has 1 amide bonds. The highest BCUT2D eigenvalue weighted by Crippen LogP contribution is 2.36. The Morgan fingerprint density at radius 3 is 2.54 bits per heavy atom. The summed E-state index contributed by atoms with van der Waals surface area (Å²) in [6.07, 6.45) is 0. The van der Waals surface area contributed by atoms with Crippen LogP contribution in [0.2, 0.25) is 10.0 Å². The van der Waals surface area contributed by atoms with Crippen molar-refractivity contribution in [1.82, 2.24) is 5.06 Å². The molecule has 0 aliphatic heterocycles. The highest BCUT2D eigenvalue weighted by atomic mass is 35.5. The van der Waals surface area contributed by atoms with E-state index in [1.54, 1.807) is 13.0 Å². The first kappa shape index (κ1) is 21.4. The molecule has 0 atom stereocenters. The number of rotatable bonds is 6. The number of hydrogen-bond donors (Lipinski definition) is 1. The molecule has 0 saturated heterocycles. The first-order chi connectivity index (χ1) is 13.1. The monoisotopic (exact) mass is 428 g/mol. The van der Waals surface area contributed by atoms with Crippen LogP contribution in [0.1, 0.15) is 15.9 Å². The summed E-state index contributed by atoms with van der Waals surface area (Å²) >= 11 is 12.1. The van der Waals surface area contributed by atoms with Gasteiger partial charge in [0.05, 0.1) is 17.1 Å². The highest BCUT2D eigenvalue weighted by molar-refractivity contribution is 6.36. The molecular formula is C17H14Cl2N2O7. The van der Waals surface area contributed by atoms with Crippen LogP contribution >= 0.6 is 23.2 Å². The predicted molar refractivity (Wildman–Crippen MR) is 99.2 cm³/mol. The molecule has 0 bridgehead atoms. The Balaban J connectivity index is 2.40. The van der Waals surface area contributed by atoms with Crippen LogP contribution in [-0.4, -0.2) is 40.7 Å². The van der Waals surface area contributed by atoms with E-state index in [1.807, 2.05) is 0 Å². The number of nitrogens with zero attached hydrogens (tertiary/aromatic N) is 2. The SMILES string of the molecule is COC(=O)CN(O)C(=O)c1cc(Oc2ccc(Cl)c(C)c2Cl)ccc1[N+](=O)[O-]. The Bertz CT molecular complexity index is 949. The average molecular weight is 429 g/mol. The summed E-state index contributed by atoms with van der Waals surface area (Å²) in [4.78, 5) is 34.0. The number of nitro benzene ring substituents is 1. The molecule has 0 aliphatic carbocycles. The Morgan fingerprint density at radius 1 is 1.25 bits per heavy atom. The molecule has 28 heavy (non-hydrogen) atoms. The molecule has 148 valence electrons. The number of ether oxygens (including phenoxy) is 2. The lowest BCUT2D eigenvalue weighted by Gasteiger charge is -2.15. The zero-order valence-electron chi connectivity index (χ0n) is 14.6. The van der Waals surface area contributed by atoms with Gasteiger partial charge in [-0.3, -0.25) is 24.9 Å². The summed E-state index contributed by atoms with van der Waals surface area (Å²) < 4.78 is 9.94. The van der Waals surface area contributed by atoms with Gasteiger partial charge in [-0.05, 0) is 30.7 Å². The van der Waals surface area contributed by atoms with Crippen molar-refractivity contribution in [3.05, 3.63) is 61.6 Å². The molecule has 11 heteroatoms. The fourth-order valence-corrected chi connectivity index (χ4v) is 2.56. The van der Waals surface area contributed by atoms with Crippen molar-refractivity contribution in [2.24, 2.45) is 0 Å². The number of carbonyl (C=O) groups is 2. The predicted octanol–water partition coefficient (Wildman–Crippen LogP) is 4.01. The molecule has 9 nitrogen and oxygen atoms in total. The number of hydrogen-bond acceptors (Lipinski definition) is 7. The van der Waals surface area contributed by atoms with E-state index in [4.69, 9.17) is 27.9 Å². The van der Waals surface area contributed by atoms with Gasteiger partial charge < -0.3 is 9.47 Å². The van der Waals surface area contributed by atoms with Gasteiger partial charge in [-0.15, -0.1) is 0 Å². The molecule has 0 radical (unpaired) electrons. The van der Waals surface area contributed by atoms with E-state index in [9.17, 15) is 24.9 Å². The highest BCUT2D eigenvalue weighted by Gasteiger charge is 2.26. The van der Waals surface area contributed by atoms with Crippen LogP contribution in [0.25, 0.3) is 0 Å². The van der Waals surface area contributed by atoms with Crippen LogP contribution in [0.3, 0.4) is 0 Å². The molecule has 0 unspecified atom stereocenters. The van der Waals surface area contributed by atoms with Gasteiger partial charge in [0.25, 0.3) is 11.6 Å². The maximum Gasteiger partial charge on any atom is 0.328 e. The molecule has 0 heterocycles. The zero-order chi connectivity index (χ0) is 21.0. The van der Waals surface area contributed by atoms with Crippen molar-refractivity contribution in [2.45, 2.75) is 6.92 Å². The van der Waals surface area contributed by atoms with Crippen molar-refractivity contribution in [3.63, 3.8) is 0 Å². The quantitative estimate of drug-likeness (QED) is 0.319.